The van der Waals surface area contributed by atoms with E-state index in [4.69, 9.17) is 0 Å². The Morgan fingerprint density at radius 3 is 2.65 bits per heavy atom. The molecule has 2 atom stereocenters. The topological polar surface area (TPSA) is 15.3 Å². The van der Waals surface area contributed by atoms with Crippen LogP contribution in [-0.4, -0.2) is 31.1 Å². The van der Waals surface area contributed by atoms with E-state index in [1.807, 2.05) is 6.20 Å². The second-order valence-electron chi connectivity index (χ2n) is 6.15. The van der Waals surface area contributed by atoms with Crippen LogP contribution in [0.25, 0.3) is 0 Å². The molecule has 1 N–H and O–H groups in total. The van der Waals surface area contributed by atoms with E-state index in [2.05, 4.69) is 23.7 Å². The predicted molar refractivity (Wildman–Crippen MR) is 73.9 cm³/mol. The van der Waals surface area contributed by atoms with E-state index >= 15 is 0 Å². The number of rotatable bonds is 5. The number of likely N-dealkylation sites (tertiary alicyclic amines) is 1. The molecule has 0 aromatic carbocycles. The first-order chi connectivity index (χ1) is 8.28. The van der Waals surface area contributed by atoms with Crippen molar-refractivity contribution in [1.82, 2.24) is 10.2 Å². The van der Waals surface area contributed by atoms with E-state index in [1.54, 1.807) is 0 Å². The molecule has 98 valence electrons. The monoisotopic (exact) mass is 236 g/mol. The maximum Gasteiger partial charge on any atom is 0.0229 e. The van der Waals surface area contributed by atoms with Gasteiger partial charge in [0.1, 0.15) is 0 Å². The van der Waals surface area contributed by atoms with Crippen LogP contribution in [0.3, 0.4) is 0 Å². The molecule has 1 heterocycles. The summed E-state index contributed by atoms with van der Waals surface area (Å²) in [6.07, 6.45) is 9.20. The highest BCUT2D eigenvalue weighted by molar-refractivity contribution is 4.87. The van der Waals surface area contributed by atoms with E-state index in [1.165, 1.54) is 58.3 Å². The molecule has 2 nitrogen and oxygen atoms in total. The predicted octanol–water partition coefficient (Wildman–Crippen LogP) is 2.87. The average Bonchev–Trinajstić information content (AvgIpc) is 2.46. The first kappa shape index (κ1) is 12.9. The Bertz CT molecular complexity index is 233. The average molecular weight is 236 g/mol. The maximum absolute atomic E-state index is 3.80. The molecule has 2 aliphatic rings. The summed E-state index contributed by atoms with van der Waals surface area (Å²) in [5, 5.41) is 3.69. The van der Waals surface area contributed by atoms with Crippen molar-refractivity contribution in [3.05, 3.63) is 12.8 Å². The van der Waals surface area contributed by atoms with Crippen LogP contribution >= 0.6 is 0 Å². The third-order valence-corrected chi connectivity index (χ3v) is 4.40. The van der Waals surface area contributed by atoms with Crippen molar-refractivity contribution in [2.24, 2.45) is 17.8 Å². The van der Waals surface area contributed by atoms with Crippen LogP contribution in [0.2, 0.25) is 0 Å². The Morgan fingerprint density at radius 1 is 1.18 bits per heavy atom. The van der Waals surface area contributed by atoms with Gasteiger partial charge in [0.15, 0.2) is 0 Å². The zero-order valence-electron chi connectivity index (χ0n) is 11.3. The molecule has 0 aromatic heterocycles. The molecule has 1 saturated heterocycles. The van der Waals surface area contributed by atoms with E-state index in [9.17, 15) is 0 Å². The van der Waals surface area contributed by atoms with Crippen LogP contribution < -0.4 is 5.32 Å². The highest BCUT2D eigenvalue weighted by Gasteiger charge is 2.23. The van der Waals surface area contributed by atoms with Crippen LogP contribution in [0, 0.1) is 17.8 Å². The summed E-state index contributed by atoms with van der Waals surface area (Å²) in [5.74, 6) is 2.74. The van der Waals surface area contributed by atoms with Gasteiger partial charge in [-0.1, -0.05) is 32.8 Å². The van der Waals surface area contributed by atoms with Crippen molar-refractivity contribution in [2.75, 3.05) is 26.2 Å². The summed E-state index contributed by atoms with van der Waals surface area (Å²) in [5.41, 5.74) is 0. The van der Waals surface area contributed by atoms with Gasteiger partial charge < -0.3 is 10.2 Å². The van der Waals surface area contributed by atoms with Gasteiger partial charge in [0.25, 0.3) is 0 Å². The Hall–Kier alpha value is -0.500. The summed E-state index contributed by atoms with van der Waals surface area (Å²) < 4.78 is 0. The SMILES string of the molecule is C=CN1CC(CNCC2CCCCC(C)C2)C1. The van der Waals surface area contributed by atoms with Gasteiger partial charge in [-0.2, -0.15) is 0 Å². The van der Waals surface area contributed by atoms with Gasteiger partial charge in [0, 0.05) is 25.6 Å². The Labute approximate surface area is 106 Å². The molecule has 0 aromatic rings. The fourth-order valence-corrected chi connectivity index (χ4v) is 3.30. The van der Waals surface area contributed by atoms with Crippen molar-refractivity contribution in [1.29, 1.82) is 0 Å². The highest BCUT2D eigenvalue weighted by Crippen LogP contribution is 2.26. The smallest absolute Gasteiger partial charge is 0.0229 e. The normalized spacial score (nSPS) is 30.8. The minimum Gasteiger partial charge on any atom is -0.377 e. The summed E-state index contributed by atoms with van der Waals surface area (Å²) in [6.45, 7) is 11.1. The fraction of sp³-hybridized carbons (Fsp3) is 0.867. The Balaban J connectivity index is 1.56. The van der Waals surface area contributed by atoms with E-state index in [0.717, 1.165) is 17.8 Å². The van der Waals surface area contributed by atoms with Crippen LogP contribution in [0.5, 0.6) is 0 Å². The van der Waals surface area contributed by atoms with Crippen LogP contribution in [0.1, 0.15) is 39.0 Å². The zero-order chi connectivity index (χ0) is 12.1. The van der Waals surface area contributed by atoms with Crippen LogP contribution in [0.15, 0.2) is 12.8 Å². The van der Waals surface area contributed by atoms with E-state index in [-0.39, 0.29) is 0 Å². The largest absolute Gasteiger partial charge is 0.377 e. The number of nitrogens with zero attached hydrogens (tertiary/aromatic N) is 1. The van der Waals surface area contributed by atoms with Gasteiger partial charge in [-0.25, -0.2) is 0 Å². The van der Waals surface area contributed by atoms with Crippen LogP contribution in [-0.2, 0) is 0 Å². The first-order valence-corrected chi connectivity index (χ1v) is 7.35. The van der Waals surface area contributed by atoms with Crippen LogP contribution in [0.4, 0.5) is 0 Å². The Kier molecular flexibility index (Phi) is 4.90. The van der Waals surface area contributed by atoms with Crippen molar-refractivity contribution in [2.45, 2.75) is 39.0 Å². The lowest BCUT2D eigenvalue weighted by atomic mass is 9.94. The lowest BCUT2D eigenvalue weighted by Gasteiger charge is -2.38. The molecule has 2 unspecified atom stereocenters. The summed E-state index contributed by atoms with van der Waals surface area (Å²) in [7, 11) is 0. The second-order valence-corrected chi connectivity index (χ2v) is 6.15. The van der Waals surface area contributed by atoms with Crippen molar-refractivity contribution < 1.29 is 0 Å². The molecular weight excluding hydrogens is 208 g/mol. The number of nitrogens with one attached hydrogen (secondary N) is 1. The molecule has 1 saturated carbocycles. The van der Waals surface area contributed by atoms with Crippen molar-refractivity contribution in [3.8, 4) is 0 Å². The quantitative estimate of drug-likeness (QED) is 0.738. The highest BCUT2D eigenvalue weighted by atomic mass is 15.2. The molecule has 1 aliphatic carbocycles. The van der Waals surface area contributed by atoms with Gasteiger partial charge in [-0.15, -0.1) is 0 Å². The second kappa shape index (κ2) is 6.44. The molecule has 0 radical (unpaired) electrons. The minimum absolute atomic E-state index is 0.858. The van der Waals surface area contributed by atoms with Gasteiger partial charge in [0.2, 0.25) is 0 Å². The van der Waals surface area contributed by atoms with Gasteiger partial charge in [-0.3, -0.25) is 0 Å². The summed E-state index contributed by atoms with van der Waals surface area (Å²) >= 11 is 0. The molecule has 2 heteroatoms. The van der Waals surface area contributed by atoms with Gasteiger partial charge in [0.05, 0.1) is 0 Å². The number of hydrogen-bond acceptors (Lipinski definition) is 2. The molecule has 2 fully saturated rings. The molecule has 1 aliphatic heterocycles. The Morgan fingerprint density at radius 2 is 1.88 bits per heavy atom. The molecule has 2 rings (SSSR count). The zero-order valence-corrected chi connectivity index (χ0v) is 11.3. The van der Waals surface area contributed by atoms with Crippen molar-refractivity contribution >= 4 is 0 Å². The first-order valence-electron chi connectivity index (χ1n) is 7.35. The van der Waals surface area contributed by atoms with E-state index < -0.39 is 0 Å². The lowest BCUT2D eigenvalue weighted by molar-refractivity contribution is 0.156. The van der Waals surface area contributed by atoms with Gasteiger partial charge in [-0.05, 0) is 37.4 Å². The molecule has 0 spiro atoms. The van der Waals surface area contributed by atoms with Gasteiger partial charge >= 0.3 is 0 Å². The third-order valence-electron chi connectivity index (χ3n) is 4.40. The summed E-state index contributed by atoms with van der Waals surface area (Å²) in [6, 6.07) is 0. The standard InChI is InChI=1S/C15H28N2/c1-3-17-11-15(12-17)10-16-9-14-7-5-4-6-13(2)8-14/h3,13-16H,1,4-12H2,2H3. The molecular formula is C15H28N2. The fourth-order valence-electron chi connectivity index (χ4n) is 3.30. The van der Waals surface area contributed by atoms with Crippen molar-refractivity contribution in [3.63, 3.8) is 0 Å². The molecule has 0 amide bonds. The summed E-state index contributed by atoms with van der Waals surface area (Å²) in [4.78, 5) is 2.29. The maximum atomic E-state index is 3.80. The van der Waals surface area contributed by atoms with E-state index in [0.29, 0.717) is 0 Å². The lowest BCUT2D eigenvalue weighted by Crippen LogP contribution is -2.48. The third kappa shape index (κ3) is 4.02. The minimum atomic E-state index is 0.858. The molecule has 17 heavy (non-hydrogen) atoms. The molecule has 0 bridgehead atoms. The number of hydrogen-bond donors (Lipinski definition) is 1.